The smallest absolute Gasteiger partial charge is 0.251 e. The van der Waals surface area contributed by atoms with Gasteiger partial charge in [-0.25, -0.2) is 13.4 Å². The standard InChI is InChI=1S/C22H27N5O4S/c1-4-27(5-2)32(30,31)20-10-11-22(29)26(14-20)15-21(28)24-17(3)18-6-8-19(9-7-18)25-13-12-23-16-25/h6-14,16-17H,4-5,15H2,1-3H3,(H,24,28). The first-order valence-electron chi connectivity index (χ1n) is 10.3. The average Bonchev–Trinajstić information content (AvgIpc) is 3.31. The second kappa shape index (κ2) is 9.92. The van der Waals surface area contributed by atoms with Crippen molar-refractivity contribution in [3.63, 3.8) is 0 Å². The van der Waals surface area contributed by atoms with Crippen LogP contribution in [0, 0.1) is 0 Å². The predicted octanol–water partition coefficient (Wildman–Crippen LogP) is 1.94. The van der Waals surface area contributed by atoms with Crippen molar-refractivity contribution >= 4 is 15.9 Å². The van der Waals surface area contributed by atoms with Crippen molar-refractivity contribution in [3.05, 3.63) is 77.2 Å². The van der Waals surface area contributed by atoms with Crippen LogP contribution >= 0.6 is 0 Å². The van der Waals surface area contributed by atoms with E-state index in [0.717, 1.165) is 15.8 Å². The Hall–Kier alpha value is -3.24. The summed E-state index contributed by atoms with van der Waals surface area (Å²) >= 11 is 0. The first-order valence-corrected chi connectivity index (χ1v) is 11.8. The maximum atomic E-state index is 12.7. The second-order valence-corrected chi connectivity index (χ2v) is 9.21. The van der Waals surface area contributed by atoms with Gasteiger partial charge in [0.2, 0.25) is 15.9 Å². The van der Waals surface area contributed by atoms with Crippen LogP contribution in [0.15, 0.2) is 71.0 Å². The van der Waals surface area contributed by atoms with E-state index in [2.05, 4.69) is 10.3 Å². The summed E-state index contributed by atoms with van der Waals surface area (Å²) < 4.78 is 29.7. The zero-order valence-corrected chi connectivity index (χ0v) is 19.1. The fourth-order valence-corrected chi connectivity index (χ4v) is 4.85. The SMILES string of the molecule is CCN(CC)S(=O)(=O)c1ccc(=O)n(CC(=O)NC(C)c2ccc(-n3ccnc3)cc2)c1. The van der Waals surface area contributed by atoms with Gasteiger partial charge < -0.3 is 14.5 Å². The van der Waals surface area contributed by atoms with Gasteiger partial charge in [0.25, 0.3) is 5.56 Å². The summed E-state index contributed by atoms with van der Waals surface area (Å²) in [7, 11) is -3.73. The Balaban J connectivity index is 1.71. The zero-order chi connectivity index (χ0) is 23.3. The predicted molar refractivity (Wildman–Crippen MR) is 121 cm³/mol. The molecule has 9 nitrogen and oxygen atoms in total. The fraction of sp³-hybridized carbons (Fsp3) is 0.318. The summed E-state index contributed by atoms with van der Waals surface area (Å²) in [5.74, 6) is -0.393. The molecule has 170 valence electrons. The van der Waals surface area contributed by atoms with E-state index in [9.17, 15) is 18.0 Å². The van der Waals surface area contributed by atoms with Gasteiger partial charge in [0.1, 0.15) is 6.54 Å². The molecule has 1 aromatic carbocycles. The van der Waals surface area contributed by atoms with Gasteiger partial charge in [-0.2, -0.15) is 4.31 Å². The summed E-state index contributed by atoms with van der Waals surface area (Å²) in [6, 6.07) is 9.80. The van der Waals surface area contributed by atoms with Crippen LogP contribution in [0.1, 0.15) is 32.4 Å². The highest BCUT2D eigenvalue weighted by molar-refractivity contribution is 7.89. The molecule has 0 aliphatic carbocycles. The highest BCUT2D eigenvalue weighted by atomic mass is 32.2. The Morgan fingerprint density at radius 1 is 1.12 bits per heavy atom. The molecule has 1 unspecified atom stereocenters. The van der Waals surface area contributed by atoms with Crippen molar-refractivity contribution in [2.75, 3.05) is 13.1 Å². The topological polar surface area (TPSA) is 106 Å². The van der Waals surface area contributed by atoms with E-state index in [-0.39, 0.29) is 17.5 Å². The van der Waals surface area contributed by atoms with E-state index in [0.29, 0.717) is 13.1 Å². The van der Waals surface area contributed by atoms with Gasteiger partial charge in [-0.15, -0.1) is 0 Å². The van der Waals surface area contributed by atoms with Crippen LogP contribution in [0.5, 0.6) is 0 Å². The molecule has 0 radical (unpaired) electrons. The molecule has 3 aromatic rings. The monoisotopic (exact) mass is 457 g/mol. The van der Waals surface area contributed by atoms with Crippen LogP contribution in [0.4, 0.5) is 0 Å². The molecule has 0 aliphatic rings. The number of pyridine rings is 1. The molecule has 1 N–H and O–H groups in total. The Morgan fingerprint density at radius 3 is 2.41 bits per heavy atom. The van der Waals surface area contributed by atoms with Crippen LogP contribution in [-0.4, -0.2) is 45.8 Å². The summed E-state index contributed by atoms with van der Waals surface area (Å²) in [5, 5.41) is 2.85. The molecule has 3 rings (SSSR count). The average molecular weight is 458 g/mol. The van der Waals surface area contributed by atoms with Crippen LogP contribution in [-0.2, 0) is 21.4 Å². The lowest BCUT2D eigenvalue weighted by atomic mass is 10.1. The molecule has 0 saturated heterocycles. The molecule has 0 aliphatic heterocycles. The first kappa shape index (κ1) is 23.4. The highest BCUT2D eigenvalue weighted by Gasteiger charge is 2.22. The van der Waals surface area contributed by atoms with Crippen molar-refractivity contribution < 1.29 is 13.2 Å². The Kier molecular flexibility index (Phi) is 7.26. The Bertz CT molecular complexity index is 1210. The van der Waals surface area contributed by atoms with Crippen LogP contribution in [0.2, 0.25) is 0 Å². The van der Waals surface area contributed by atoms with Crippen molar-refractivity contribution in [3.8, 4) is 5.69 Å². The molecule has 2 heterocycles. The lowest BCUT2D eigenvalue weighted by Crippen LogP contribution is -2.35. The summed E-state index contributed by atoms with van der Waals surface area (Å²) in [6.45, 7) is 5.68. The lowest BCUT2D eigenvalue weighted by Gasteiger charge is -2.19. The maximum absolute atomic E-state index is 12.7. The third-order valence-electron chi connectivity index (χ3n) is 5.19. The van der Waals surface area contributed by atoms with Crippen molar-refractivity contribution in [1.29, 1.82) is 0 Å². The largest absolute Gasteiger partial charge is 0.348 e. The molecule has 32 heavy (non-hydrogen) atoms. The van der Waals surface area contributed by atoms with Crippen LogP contribution < -0.4 is 10.9 Å². The van der Waals surface area contributed by atoms with E-state index in [1.807, 2.05) is 42.0 Å². The minimum absolute atomic E-state index is 0.0169. The van der Waals surface area contributed by atoms with Crippen molar-refractivity contribution in [2.45, 2.75) is 38.3 Å². The number of aromatic nitrogens is 3. The number of hydrogen-bond donors (Lipinski definition) is 1. The van der Waals surface area contributed by atoms with E-state index >= 15 is 0 Å². The molecule has 0 bridgehead atoms. The number of sulfonamides is 1. The third-order valence-corrected chi connectivity index (χ3v) is 7.22. The molecule has 0 spiro atoms. The van der Waals surface area contributed by atoms with Gasteiger partial charge in [-0.1, -0.05) is 26.0 Å². The van der Waals surface area contributed by atoms with Gasteiger partial charge in [0.15, 0.2) is 0 Å². The van der Waals surface area contributed by atoms with Gasteiger partial charge in [-0.05, 0) is 30.7 Å². The van der Waals surface area contributed by atoms with E-state index in [1.54, 1.807) is 26.4 Å². The number of benzene rings is 1. The van der Waals surface area contributed by atoms with Gasteiger partial charge in [0, 0.05) is 43.4 Å². The number of carbonyl (C=O) groups excluding carboxylic acids is 1. The van der Waals surface area contributed by atoms with Crippen molar-refractivity contribution in [1.82, 2.24) is 23.7 Å². The zero-order valence-electron chi connectivity index (χ0n) is 18.3. The van der Waals surface area contributed by atoms with E-state index < -0.39 is 21.5 Å². The quantitative estimate of drug-likeness (QED) is 0.529. The summed E-state index contributed by atoms with van der Waals surface area (Å²) in [5.41, 5.74) is 1.39. The van der Waals surface area contributed by atoms with Crippen LogP contribution in [0.25, 0.3) is 5.69 Å². The Labute approximate surface area is 187 Å². The number of carbonyl (C=O) groups is 1. The number of nitrogens with one attached hydrogen (secondary N) is 1. The second-order valence-electron chi connectivity index (χ2n) is 7.27. The molecular weight excluding hydrogens is 430 g/mol. The van der Waals surface area contributed by atoms with Gasteiger partial charge in [-0.3, -0.25) is 9.59 Å². The maximum Gasteiger partial charge on any atom is 0.251 e. The van der Waals surface area contributed by atoms with Crippen molar-refractivity contribution in [2.24, 2.45) is 0 Å². The fourth-order valence-electron chi connectivity index (χ4n) is 3.37. The minimum atomic E-state index is -3.73. The number of nitrogens with zero attached hydrogens (tertiary/aromatic N) is 4. The molecule has 0 fully saturated rings. The van der Waals surface area contributed by atoms with Gasteiger partial charge in [0.05, 0.1) is 17.3 Å². The number of hydrogen-bond acceptors (Lipinski definition) is 5. The van der Waals surface area contributed by atoms with Gasteiger partial charge >= 0.3 is 0 Å². The molecule has 0 saturated carbocycles. The first-order chi connectivity index (χ1) is 15.3. The molecule has 1 atom stereocenters. The summed E-state index contributed by atoms with van der Waals surface area (Å²) in [6.07, 6.45) is 6.46. The highest BCUT2D eigenvalue weighted by Crippen LogP contribution is 2.16. The Morgan fingerprint density at radius 2 is 1.81 bits per heavy atom. The molecular formula is C22H27N5O4S. The van der Waals surface area contributed by atoms with E-state index in [4.69, 9.17) is 0 Å². The van der Waals surface area contributed by atoms with Crippen LogP contribution in [0.3, 0.4) is 0 Å². The molecule has 1 amide bonds. The number of amides is 1. The number of imidazole rings is 1. The summed E-state index contributed by atoms with van der Waals surface area (Å²) in [4.78, 5) is 28.8. The van der Waals surface area contributed by atoms with E-state index in [1.165, 1.54) is 22.6 Å². The number of rotatable bonds is 9. The lowest BCUT2D eigenvalue weighted by molar-refractivity contribution is -0.122. The normalized spacial score (nSPS) is 12.6. The molecule has 10 heteroatoms. The third kappa shape index (κ3) is 5.14. The minimum Gasteiger partial charge on any atom is -0.348 e. The molecule has 2 aromatic heterocycles.